The fourth-order valence-corrected chi connectivity index (χ4v) is 4.80. The number of amides is 2. The fourth-order valence-electron chi connectivity index (χ4n) is 4.19. The molecule has 0 atom stereocenters. The summed E-state index contributed by atoms with van der Waals surface area (Å²) in [6.45, 7) is 3.71. The third-order valence-corrected chi connectivity index (χ3v) is 6.54. The number of nitrogens with one attached hydrogen (secondary N) is 1. The number of ether oxygens (including phenoxy) is 1. The first kappa shape index (κ1) is 19.9. The molecule has 6 nitrogen and oxygen atoms in total. The quantitative estimate of drug-likeness (QED) is 0.836. The van der Waals surface area contributed by atoms with Crippen LogP contribution < -0.4 is 10.1 Å². The molecule has 1 fully saturated rings. The van der Waals surface area contributed by atoms with Gasteiger partial charge in [0.1, 0.15) is 12.4 Å². The minimum absolute atomic E-state index is 0.0198. The van der Waals surface area contributed by atoms with Gasteiger partial charge in [0.05, 0.1) is 23.7 Å². The summed E-state index contributed by atoms with van der Waals surface area (Å²) in [7, 11) is 0. The monoisotopic (exact) mass is 413 g/mol. The Morgan fingerprint density at radius 1 is 1.24 bits per heavy atom. The van der Waals surface area contributed by atoms with Crippen molar-refractivity contribution >= 4 is 23.2 Å². The minimum atomic E-state index is 0.0198. The maximum atomic E-state index is 13.1. The Labute approximate surface area is 175 Å². The van der Waals surface area contributed by atoms with Crippen LogP contribution in [0.25, 0.3) is 0 Å². The molecule has 1 aromatic heterocycles. The van der Waals surface area contributed by atoms with E-state index in [1.54, 1.807) is 11.3 Å². The van der Waals surface area contributed by atoms with Gasteiger partial charge >= 0.3 is 0 Å². The van der Waals surface area contributed by atoms with Crippen molar-refractivity contribution < 1.29 is 14.3 Å². The molecule has 0 bridgehead atoms. The third-order valence-electron chi connectivity index (χ3n) is 5.71. The van der Waals surface area contributed by atoms with E-state index in [-0.39, 0.29) is 23.8 Å². The fraction of sp³-hybridized carbons (Fsp3) is 0.500. The highest BCUT2D eigenvalue weighted by Gasteiger charge is 2.31. The molecular weight excluding hydrogens is 386 g/mol. The van der Waals surface area contributed by atoms with Gasteiger partial charge in [-0.2, -0.15) is 0 Å². The molecular formula is C22H27N3O3S. The van der Waals surface area contributed by atoms with Crippen LogP contribution in [0.1, 0.15) is 41.9 Å². The number of para-hydroxylation sites is 1. The zero-order valence-electron chi connectivity index (χ0n) is 16.7. The van der Waals surface area contributed by atoms with Crippen LogP contribution in [0.4, 0.5) is 0 Å². The first-order valence-electron chi connectivity index (χ1n) is 10.3. The second kappa shape index (κ2) is 8.95. The van der Waals surface area contributed by atoms with E-state index >= 15 is 0 Å². The van der Waals surface area contributed by atoms with Crippen LogP contribution in [-0.4, -0.2) is 40.9 Å². The van der Waals surface area contributed by atoms with Gasteiger partial charge in [-0.3, -0.25) is 9.59 Å². The van der Waals surface area contributed by atoms with Crippen molar-refractivity contribution in [1.82, 2.24) is 15.2 Å². The molecule has 0 saturated heterocycles. The van der Waals surface area contributed by atoms with Crippen LogP contribution in [0.3, 0.4) is 0 Å². The predicted molar refractivity (Wildman–Crippen MR) is 112 cm³/mol. The highest BCUT2D eigenvalue weighted by molar-refractivity contribution is 7.09. The van der Waals surface area contributed by atoms with Crippen LogP contribution in [0.15, 0.2) is 29.6 Å². The van der Waals surface area contributed by atoms with E-state index in [1.165, 1.54) is 0 Å². The van der Waals surface area contributed by atoms with Gasteiger partial charge in [-0.25, -0.2) is 4.98 Å². The summed E-state index contributed by atoms with van der Waals surface area (Å²) in [4.78, 5) is 31.6. The summed E-state index contributed by atoms with van der Waals surface area (Å²) in [5, 5.41) is 6.04. The highest BCUT2D eigenvalue weighted by Crippen LogP contribution is 2.29. The van der Waals surface area contributed by atoms with Crippen LogP contribution in [0, 0.1) is 12.8 Å². The Balaban J connectivity index is 1.27. The molecule has 1 aliphatic heterocycles. The van der Waals surface area contributed by atoms with Crippen LogP contribution in [-0.2, 0) is 22.6 Å². The third kappa shape index (κ3) is 4.96. The van der Waals surface area contributed by atoms with Gasteiger partial charge in [-0.15, -0.1) is 11.3 Å². The lowest BCUT2D eigenvalue weighted by atomic mass is 9.85. The van der Waals surface area contributed by atoms with Crippen molar-refractivity contribution in [2.75, 3.05) is 13.2 Å². The van der Waals surface area contributed by atoms with E-state index in [9.17, 15) is 9.59 Å². The number of benzene rings is 1. The zero-order chi connectivity index (χ0) is 20.2. The standard InChI is InChI=1S/C22H27N3O3S/c1-15-23-19(14-29-15)12-21(26)24-18-8-6-16(7-9-18)22(27)25-10-11-28-20-5-3-2-4-17(20)13-25/h2-5,14,16,18H,6-13H2,1H3,(H,24,26). The average molecular weight is 414 g/mol. The Morgan fingerprint density at radius 3 is 2.79 bits per heavy atom. The van der Waals surface area contributed by atoms with Gasteiger partial charge in [0.25, 0.3) is 0 Å². The topological polar surface area (TPSA) is 71.5 Å². The SMILES string of the molecule is Cc1nc(CC(=O)NC2CCC(C(=O)N3CCOc4ccccc4C3)CC2)cs1. The number of thiazole rings is 1. The lowest BCUT2D eigenvalue weighted by molar-refractivity contribution is -0.137. The number of carbonyl (C=O) groups excluding carboxylic acids is 2. The smallest absolute Gasteiger partial charge is 0.226 e. The number of aromatic nitrogens is 1. The van der Waals surface area contributed by atoms with Crippen molar-refractivity contribution in [3.8, 4) is 5.75 Å². The van der Waals surface area contributed by atoms with Crippen molar-refractivity contribution in [3.05, 3.63) is 45.9 Å². The Morgan fingerprint density at radius 2 is 2.03 bits per heavy atom. The molecule has 2 aliphatic rings. The van der Waals surface area contributed by atoms with Gasteiger partial charge in [-0.05, 0) is 38.7 Å². The summed E-state index contributed by atoms with van der Waals surface area (Å²) in [5.41, 5.74) is 1.90. The number of carbonyl (C=O) groups is 2. The number of rotatable bonds is 4. The normalized spacial score (nSPS) is 21.6. The number of nitrogens with zero attached hydrogens (tertiary/aromatic N) is 2. The first-order chi connectivity index (χ1) is 14.1. The van der Waals surface area contributed by atoms with Crippen molar-refractivity contribution in [1.29, 1.82) is 0 Å². The van der Waals surface area contributed by atoms with Gasteiger partial charge in [0, 0.05) is 29.4 Å². The molecule has 154 valence electrons. The first-order valence-corrected chi connectivity index (χ1v) is 11.2. The second-order valence-electron chi connectivity index (χ2n) is 7.87. The molecule has 0 radical (unpaired) electrons. The van der Waals surface area contributed by atoms with E-state index in [1.807, 2.05) is 41.5 Å². The Bertz CT molecular complexity index is 874. The van der Waals surface area contributed by atoms with E-state index < -0.39 is 0 Å². The van der Waals surface area contributed by atoms with Crippen LogP contribution >= 0.6 is 11.3 Å². The van der Waals surface area contributed by atoms with E-state index in [4.69, 9.17) is 4.74 Å². The molecule has 1 N–H and O–H groups in total. The number of hydrogen-bond acceptors (Lipinski definition) is 5. The molecule has 4 rings (SSSR count). The van der Waals surface area contributed by atoms with Crippen molar-refractivity contribution in [3.63, 3.8) is 0 Å². The minimum Gasteiger partial charge on any atom is -0.491 e. The zero-order valence-corrected chi connectivity index (χ0v) is 17.5. The average Bonchev–Trinajstić information content (AvgIpc) is 3.00. The Kier molecular flexibility index (Phi) is 6.13. The van der Waals surface area contributed by atoms with Gasteiger partial charge < -0.3 is 15.0 Å². The van der Waals surface area contributed by atoms with E-state index in [0.29, 0.717) is 26.1 Å². The maximum absolute atomic E-state index is 13.1. The maximum Gasteiger partial charge on any atom is 0.226 e. The molecule has 0 spiro atoms. The second-order valence-corrected chi connectivity index (χ2v) is 8.93. The molecule has 1 saturated carbocycles. The lowest BCUT2D eigenvalue weighted by Crippen LogP contribution is -2.43. The van der Waals surface area contributed by atoms with Crippen molar-refractivity contribution in [2.45, 2.75) is 51.6 Å². The van der Waals surface area contributed by atoms with E-state index in [0.717, 1.165) is 47.7 Å². The predicted octanol–water partition coefficient (Wildman–Crippen LogP) is 3.09. The number of fused-ring (bicyclic) bond motifs is 1. The molecule has 7 heteroatoms. The summed E-state index contributed by atoms with van der Waals surface area (Å²) in [5.74, 6) is 1.15. The van der Waals surface area contributed by atoms with Gasteiger partial charge in [0.2, 0.25) is 11.8 Å². The Hall–Kier alpha value is -2.41. The van der Waals surface area contributed by atoms with Crippen LogP contribution in [0.5, 0.6) is 5.75 Å². The summed E-state index contributed by atoms with van der Waals surface area (Å²) in [6.07, 6.45) is 3.66. The molecule has 29 heavy (non-hydrogen) atoms. The molecule has 2 heterocycles. The van der Waals surface area contributed by atoms with Gasteiger partial charge in [0.15, 0.2) is 0 Å². The van der Waals surface area contributed by atoms with Gasteiger partial charge in [-0.1, -0.05) is 18.2 Å². The summed E-state index contributed by atoms with van der Waals surface area (Å²) < 4.78 is 5.78. The molecule has 1 aromatic carbocycles. The molecule has 2 aromatic rings. The summed E-state index contributed by atoms with van der Waals surface area (Å²) in [6, 6.07) is 8.08. The van der Waals surface area contributed by atoms with Crippen molar-refractivity contribution in [2.24, 2.45) is 5.92 Å². The molecule has 0 unspecified atom stereocenters. The number of aryl methyl sites for hydroxylation is 1. The number of hydrogen-bond donors (Lipinski definition) is 1. The van der Waals surface area contributed by atoms with Crippen LogP contribution in [0.2, 0.25) is 0 Å². The largest absolute Gasteiger partial charge is 0.491 e. The highest BCUT2D eigenvalue weighted by atomic mass is 32.1. The molecule has 2 amide bonds. The van der Waals surface area contributed by atoms with E-state index in [2.05, 4.69) is 10.3 Å². The lowest BCUT2D eigenvalue weighted by Gasteiger charge is -2.31. The summed E-state index contributed by atoms with van der Waals surface area (Å²) >= 11 is 1.56. The molecule has 1 aliphatic carbocycles.